The zero-order valence-corrected chi connectivity index (χ0v) is 10.6. The third-order valence-corrected chi connectivity index (χ3v) is 3.32. The van der Waals surface area contributed by atoms with Gasteiger partial charge in [0.15, 0.2) is 0 Å². The third kappa shape index (κ3) is 2.76. The summed E-state index contributed by atoms with van der Waals surface area (Å²) in [5, 5.41) is 13.2. The molecule has 0 bridgehead atoms. The van der Waals surface area contributed by atoms with E-state index in [-0.39, 0.29) is 6.10 Å². The van der Waals surface area contributed by atoms with Gasteiger partial charge in [-0.25, -0.2) is 4.98 Å². The average molecular weight is 235 g/mol. The first-order chi connectivity index (χ1) is 8.22. The van der Waals surface area contributed by atoms with Crippen LogP contribution in [0, 0.1) is 6.92 Å². The zero-order valence-electron chi connectivity index (χ0n) is 10.6. The fourth-order valence-corrected chi connectivity index (χ4v) is 2.19. The van der Waals surface area contributed by atoms with Gasteiger partial charge in [-0.1, -0.05) is 6.92 Å². The molecule has 2 N–H and O–H groups in total. The molecule has 1 saturated heterocycles. The van der Waals surface area contributed by atoms with Gasteiger partial charge < -0.3 is 15.3 Å². The van der Waals surface area contributed by atoms with Crippen LogP contribution < -0.4 is 10.2 Å². The van der Waals surface area contributed by atoms with E-state index in [9.17, 15) is 5.11 Å². The summed E-state index contributed by atoms with van der Waals surface area (Å²) in [5.41, 5.74) is 2.08. The van der Waals surface area contributed by atoms with E-state index in [4.69, 9.17) is 0 Å². The third-order valence-electron chi connectivity index (χ3n) is 3.32. The van der Waals surface area contributed by atoms with Crippen LogP contribution in [0.4, 0.5) is 5.82 Å². The molecule has 4 nitrogen and oxygen atoms in total. The second kappa shape index (κ2) is 5.47. The Morgan fingerprint density at radius 1 is 1.47 bits per heavy atom. The monoisotopic (exact) mass is 235 g/mol. The van der Waals surface area contributed by atoms with Crippen LogP contribution >= 0.6 is 0 Å². The number of nitrogens with one attached hydrogen (secondary N) is 1. The number of rotatable bonds is 3. The summed E-state index contributed by atoms with van der Waals surface area (Å²) in [7, 11) is 0. The van der Waals surface area contributed by atoms with E-state index in [1.807, 2.05) is 20.0 Å². The van der Waals surface area contributed by atoms with Crippen LogP contribution in [-0.4, -0.2) is 36.3 Å². The highest BCUT2D eigenvalue weighted by Crippen LogP contribution is 2.23. The Labute approximate surface area is 103 Å². The minimum atomic E-state index is -0.389. The van der Waals surface area contributed by atoms with Crippen molar-refractivity contribution in [3.63, 3.8) is 0 Å². The van der Waals surface area contributed by atoms with Crippen molar-refractivity contribution < 1.29 is 5.11 Å². The molecule has 1 aromatic heterocycles. The summed E-state index contributed by atoms with van der Waals surface area (Å²) in [6.45, 7) is 8.06. The lowest BCUT2D eigenvalue weighted by atomic mass is 10.0. The fraction of sp³-hybridized carbons (Fsp3) is 0.615. The lowest BCUT2D eigenvalue weighted by molar-refractivity contribution is 0.172. The molecule has 1 fully saturated rings. The van der Waals surface area contributed by atoms with Crippen molar-refractivity contribution in [3.8, 4) is 0 Å². The number of aromatic nitrogens is 1. The van der Waals surface area contributed by atoms with Gasteiger partial charge in [0, 0.05) is 37.9 Å². The van der Waals surface area contributed by atoms with Gasteiger partial charge in [-0.05, 0) is 25.0 Å². The second-order valence-corrected chi connectivity index (χ2v) is 4.56. The van der Waals surface area contributed by atoms with Gasteiger partial charge in [-0.15, -0.1) is 0 Å². The largest absolute Gasteiger partial charge is 0.388 e. The first-order valence-electron chi connectivity index (χ1n) is 6.32. The van der Waals surface area contributed by atoms with Crippen molar-refractivity contribution in [2.24, 2.45) is 0 Å². The van der Waals surface area contributed by atoms with Gasteiger partial charge in [0.25, 0.3) is 0 Å². The van der Waals surface area contributed by atoms with E-state index in [2.05, 4.69) is 21.3 Å². The van der Waals surface area contributed by atoms with E-state index >= 15 is 0 Å². The maximum absolute atomic E-state index is 9.85. The van der Waals surface area contributed by atoms with E-state index in [1.165, 1.54) is 0 Å². The number of anilines is 1. The Balaban J connectivity index is 2.17. The molecule has 0 saturated carbocycles. The van der Waals surface area contributed by atoms with Crippen LogP contribution in [0.3, 0.4) is 0 Å². The van der Waals surface area contributed by atoms with Crippen LogP contribution in [0.5, 0.6) is 0 Å². The molecule has 1 aliphatic heterocycles. The lowest BCUT2D eigenvalue weighted by Crippen LogP contribution is -2.43. The molecule has 1 aliphatic rings. The highest BCUT2D eigenvalue weighted by molar-refractivity contribution is 5.44. The fourth-order valence-electron chi connectivity index (χ4n) is 2.19. The highest BCUT2D eigenvalue weighted by atomic mass is 16.3. The summed E-state index contributed by atoms with van der Waals surface area (Å²) >= 11 is 0. The normalized spacial score (nSPS) is 18.2. The van der Waals surface area contributed by atoms with E-state index in [0.717, 1.165) is 49.5 Å². The maximum atomic E-state index is 9.85. The predicted octanol–water partition coefficient (Wildman–Crippen LogP) is 1.24. The molecule has 0 unspecified atom stereocenters. The molecule has 0 spiro atoms. The number of aryl methyl sites for hydroxylation is 1. The molecule has 0 aromatic carbocycles. The summed E-state index contributed by atoms with van der Waals surface area (Å²) < 4.78 is 0. The van der Waals surface area contributed by atoms with Crippen LogP contribution in [0.15, 0.2) is 12.3 Å². The van der Waals surface area contributed by atoms with Crippen molar-refractivity contribution in [2.75, 3.05) is 31.1 Å². The number of pyridine rings is 1. The van der Waals surface area contributed by atoms with Crippen LogP contribution in [-0.2, 0) is 0 Å². The number of aliphatic hydroxyl groups excluding tert-OH is 1. The number of aliphatic hydroxyl groups is 1. The van der Waals surface area contributed by atoms with Gasteiger partial charge in [0.2, 0.25) is 0 Å². The molecule has 1 aromatic rings. The number of nitrogens with zero attached hydrogens (tertiary/aromatic N) is 2. The van der Waals surface area contributed by atoms with Gasteiger partial charge in [0.05, 0.1) is 6.10 Å². The molecular formula is C13H21N3O. The molecule has 0 aliphatic carbocycles. The quantitative estimate of drug-likeness (QED) is 0.827. The van der Waals surface area contributed by atoms with Crippen LogP contribution in [0.1, 0.15) is 30.6 Å². The number of hydrogen-bond donors (Lipinski definition) is 2. The van der Waals surface area contributed by atoms with Crippen LogP contribution in [0.25, 0.3) is 0 Å². The standard InChI is InChI=1S/C13H21N3O/c1-3-12(17)11-9-15-13(8-10(11)2)16-6-4-14-5-7-16/h8-9,12,14,17H,3-7H2,1-2H3/t12-/m0/s1. The SMILES string of the molecule is CC[C@H](O)c1cnc(N2CCNCC2)cc1C. The molecule has 4 heteroatoms. The smallest absolute Gasteiger partial charge is 0.128 e. The predicted molar refractivity (Wildman–Crippen MR) is 69.3 cm³/mol. The van der Waals surface area contributed by atoms with Crippen molar-refractivity contribution in [3.05, 3.63) is 23.4 Å². The Bertz CT molecular complexity index is 375. The van der Waals surface area contributed by atoms with Gasteiger partial charge in [-0.3, -0.25) is 0 Å². The zero-order chi connectivity index (χ0) is 12.3. The minimum Gasteiger partial charge on any atom is -0.388 e. The van der Waals surface area contributed by atoms with E-state index in [1.54, 1.807) is 0 Å². The average Bonchev–Trinajstić information content (AvgIpc) is 2.39. The molecular weight excluding hydrogens is 214 g/mol. The lowest BCUT2D eigenvalue weighted by Gasteiger charge is -2.29. The van der Waals surface area contributed by atoms with Crippen LogP contribution in [0.2, 0.25) is 0 Å². The molecule has 0 radical (unpaired) electrons. The van der Waals surface area contributed by atoms with Crippen molar-refractivity contribution >= 4 is 5.82 Å². The summed E-state index contributed by atoms with van der Waals surface area (Å²) in [4.78, 5) is 6.75. The molecule has 94 valence electrons. The summed E-state index contributed by atoms with van der Waals surface area (Å²) in [6.07, 6.45) is 2.16. The summed E-state index contributed by atoms with van der Waals surface area (Å²) in [6, 6.07) is 2.08. The second-order valence-electron chi connectivity index (χ2n) is 4.56. The van der Waals surface area contributed by atoms with E-state index < -0.39 is 0 Å². The first kappa shape index (κ1) is 12.3. The van der Waals surface area contributed by atoms with E-state index in [0.29, 0.717) is 0 Å². The Kier molecular flexibility index (Phi) is 3.97. The van der Waals surface area contributed by atoms with Crippen molar-refractivity contribution in [1.82, 2.24) is 10.3 Å². The molecule has 2 heterocycles. The van der Waals surface area contributed by atoms with Crippen molar-refractivity contribution in [1.29, 1.82) is 0 Å². The number of piperazine rings is 1. The Morgan fingerprint density at radius 3 is 2.76 bits per heavy atom. The van der Waals surface area contributed by atoms with Crippen molar-refractivity contribution in [2.45, 2.75) is 26.4 Å². The number of hydrogen-bond acceptors (Lipinski definition) is 4. The van der Waals surface area contributed by atoms with Gasteiger partial charge in [-0.2, -0.15) is 0 Å². The molecule has 2 rings (SSSR count). The molecule has 0 amide bonds. The highest BCUT2D eigenvalue weighted by Gasteiger charge is 2.14. The van der Waals surface area contributed by atoms with Gasteiger partial charge >= 0.3 is 0 Å². The maximum Gasteiger partial charge on any atom is 0.128 e. The first-order valence-corrected chi connectivity index (χ1v) is 6.32. The topological polar surface area (TPSA) is 48.4 Å². The molecule has 1 atom stereocenters. The Hall–Kier alpha value is -1.13. The molecule has 17 heavy (non-hydrogen) atoms. The van der Waals surface area contributed by atoms with Gasteiger partial charge in [0.1, 0.15) is 5.82 Å². The Morgan fingerprint density at radius 2 is 2.18 bits per heavy atom. The summed E-state index contributed by atoms with van der Waals surface area (Å²) in [5.74, 6) is 1.02. The minimum absolute atomic E-state index is 0.389.